The van der Waals surface area contributed by atoms with Crippen molar-refractivity contribution in [3.8, 4) is 5.75 Å². The first kappa shape index (κ1) is 13.9. The van der Waals surface area contributed by atoms with Gasteiger partial charge in [0.05, 0.1) is 18.3 Å². The molecule has 0 radical (unpaired) electrons. The van der Waals surface area contributed by atoms with E-state index in [0.29, 0.717) is 6.61 Å². The summed E-state index contributed by atoms with van der Waals surface area (Å²) in [6, 6.07) is 13.3. The number of fused-ring (bicyclic) bond motifs is 1. The van der Waals surface area contributed by atoms with Crippen LogP contribution >= 0.6 is 0 Å². The van der Waals surface area contributed by atoms with Crippen LogP contribution in [0.5, 0.6) is 5.75 Å². The molecule has 2 aromatic rings. The molecule has 0 fully saturated rings. The average Bonchev–Trinajstić information content (AvgIpc) is 2.88. The molecular formula is C18H20FNO. The Morgan fingerprint density at radius 1 is 1.24 bits per heavy atom. The van der Waals surface area contributed by atoms with Crippen molar-refractivity contribution in [1.82, 2.24) is 0 Å². The Morgan fingerprint density at radius 3 is 2.95 bits per heavy atom. The number of para-hydroxylation sites is 2. The van der Waals surface area contributed by atoms with E-state index >= 15 is 0 Å². The minimum atomic E-state index is -0.152. The maximum absolute atomic E-state index is 13.3. The summed E-state index contributed by atoms with van der Waals surface area (Å²) in [5.41, 5.74) is 3.31. The SMILES string of the molecule is CCCOc1ccccc1NC1CCc2cc(F)ccc21. The van der Waals surface area contributed by atoms with Gasteiger partial charge in [0.25, 0.3) is 0 Å². The van der Waals surface area contributed by atoms with E-state index in [2.05, 4.69) is 12.2 Å². The Kier molecular flexibility index (Phi) is 4.09. The number of ether oxygens (including phenoxy) is 1. The van der Waals surface area contributed by atoms with Crippen molar-refractivity contribution in [2.45, 2.75) is 32.2 Å². The molecule has 0 aromatic heterocycles. The first-order valence-electron chi connectivity index (χ1n) is 7.54. The topological polar surface area (TPSA) is 21.3 Å². The van der Waals surface area contributed by atoms with Gasteiger partial charge in [-0.15, -0.1) is 0 Å². The van der Waals surface area contributed by atoms with Gasteiger partial charge in [-0.2, -0.15) is 0 Å². The lowest BCUT2D eigenvalue weighted by Crippen LogP contribution is -2.09. The van der Waals surface area contributed by atoms with Crippen molar-refractivity contribution >= 4 is 5.69 Å². The van der Waals surface area contributed by atoms with E-state index in [4.69, 9.17) is 4.74 Å². The van der Waals surface area contributed by atoms with E-state index in [9.17, 15) is 4.39 Å². The molecule has 0 amide bonds. The molecule has 1 aliphatic carbocycles. The van der Waals surface area contributed by atoms with Gasteiger partial charge in [0.15, 0.2) is 0 Å². The molecule has 1 unspecified atom stereocenters. The number of rotatable bonds is 5. The van der Waals surface area contributed by atoms with Crippen LogP contribution in [-0.2, 0) is 6.42 Å². The van der Waals surface area contributed by atoms with Crippen molar-refractivity contribution in [2.24, 2.45) is 0 Å². The summed E-state index contributed by atoms with van der Waals surface area (Å²) in [6.07, 6.45) is 2.89. The third-order valence-electron chi connectivity index (χ3n) is 3.86. The number of aryl methyl sites for hydroxylation is 1. The molecule has 0 bridgehead atoms. The van der Waals surface area contributed by atoms with E-state index in [0.717, 1.165) is 36.3 Å². The van der Waals surface area contributed by atoms with Gasteiger partial charge in [0, 0.05) is 0 Å². The summed E-state index contributed by atoms with van der Waals surface area (Å²) >= 11 is 0. The van der Waals surface area contributed by atoms with Gasteiger partial charge < -0.3 is 10.1 Å². The standard InChI is InChI=1S/C18H20FNO/c1-2-11-21-18-6-4-3-5-17(18)20-16-10-7-13-12-14(19)8-9-15(13)16/h3-6,8-9,12,16,20H,2,7,10-11H2,1H3. The summed E-state index contributed by atoms with van der Waals surface area (Å²) in [4.78, 5) is 0. The summed E-state index contributed by atoms with van der Waals surface area (Å²) in [7, 11) is 0. The molecule has 1 aliphatic rings. The van der Waals surface area contributed by atoms with Crippen molar-refractivity contribution in [1.29, 1.82) is 0 Å². The van der Waals surface area contributed by atoms with Crippen molar-refractivity contribution < 1.29 is 9.13 Å². The summed E-state index contributed by atoms with van der Waals surface area (Å²) in [5, 5.41) is 3.55. The van der Waals surface area contributed by atoms with Crippen LogP contribution in [0.1, 0.15) is 36.9 Å². The summed E-state index contributed by atoms with van der Waals surface area (Å²) in [5.74, 6) is 0.732. The molecule has 0 saturated carbocycles. The van der Waals surface area contributed by atoms with Crippen LogP contribution in [0.15, 0.2) is 42.5 Å². The second-order valence-electron chi connectivity index (χ2n) is 5.42. The lowest BCUT2D eigenvalue weighted by Gasteiger charge is -2.18. The van der Waals surface area contributed by atoms with Gasteiger partial charge in [-0.3, -0.25) is 0 Å². The second kappa shape index (κ2) is 6.17. The fraction of sp³-hybridized carbons (Fsp3) is 0.333. The van der Waals surface area contributed by atoms with E-state index < -0.39 is 0 Å². The molecule has 2 nitrogen and oxygen atoms in total. The summed E-state index contributed by atoms with van der Waals surface area (Å²) < 4.78 is 19.1. The minimum Gasteiger partial charge on any atom is -0.491 e. The van der Waals surface area contributed by atoms with Crippen LogP contribution in [0.25, 0.3) is 0 Å². The Hall–Kier alpha value is -2.03. The van der Waals surface area contributed by atoms with Gasteiger partial charge in [-0.05, 0) is 54.7 Å². The van der Waals surface area contributed by atoms with Gasteiger partial charge in [0.2, 0.25) is 0 Å². The highest BCUT2D eigenvalue weighted by atomic mass is 19.1. The third kappa shape index (κ3) is 3.02. The number of nitrogens with one attached hydrogen (secondary N) is 1. The zero-order valence-electron chi connectivity index (χ0n) is 12.2. The smallest absolute Gasteiger partial charge is 0.142 e. The predicted molar refractivity (Wildman–Crippen MR) is 83.3 cm³/mol. The highest BCUT2D eigenvalue weighted by Gasteiger charge is 2.23. The Balaban J connectivity index is 1.80. The molecule has 3 heteroatoms. The molecule has 1 atom stereocenters. The van der Waals surface area contributed by atoms with Crippen LogP contribution in [0.2, 0.25) is 0 Å². The highest BCUT2D eigenvalue weighted by Crippen LogP contribution is 2.36. The first-order chi connectivity index (χ1) is 10.3. The Bertz CT molecular complexity index is 626. The van der Waals surface area contributed by atoms with Gasteiger partial charge in [0.1, 0.15) is 11.6 Å². The zero-order chi connectivity index (χ0) is 14.7. The van der Waals surface area contributed by atoms with Crippen LogP contribution in [0.4, 0.5) is 10.1 Å². The van der Waals surface area contributed by atoms with Gasteiger partial charge in [-0.1, -0.05) is 25.1 Å². The van der Waals surface area contributed by atoms with Gasteiger partial charge in [-0.25, -0.2) is 4.39 Å². The molecule has 110 valence electrons. The Morgan fingerprint density at radius 2 is 2.10 bits per heavy atom. The normalized spacial score (nSPS) is 16.6. The highest BCUT2D eigenvalue weighted by molar-refractivity contribution is 5.58. The second-order valence-corrected chi connectivity index (χ2v) is 5.42. The van der Waals surface area contributed by atoms with E-state index in [-0.39, 0.29) is 11.9 Å². The molecule has 0 aliphatic heterocycles. The van der Waals surface area contributed by atoms with Crippen LogP contribution in [-0.4, -0.2) is 6.61 Å². The average molecular weight is 285 g/mol. The molecule has 0 heterocycles. The fourth-order valence-electron chi connectivity index (χ4n) is 2.85. The zero-order valence-corrected chi connectivity index (χ0v) is 12.2. The number of anilines is 1. The fourth-order valence-corrected chi connectivity index (χ4v) is 2.85. The summed E-state index contributed by atoms with van der Waals surface area (Å²) in [6.45, 7) is 2.81. The van der Waals surface area contributed by atoms with E-state index in [1.165, 1.54) is 5.56 Å². The molecule has 3 rings (SSSR count). The number of benzene rings is 2. The van der Waals surface area contributed by atoms with Crippen LogP contribution in [0, 0.1) is 5.82 Å². The predicted octanol–water partition coefficient (Wildman–Crippen LogP) is 4.71. The molecule has 1 N–H and O–H groups in total. The number of halogens is 1. The molecule has 21 heavy (non-hydrogen) atoms. The van der Waals surface area contributed by atoms with Crippen LogP contribution in [0.3, 0.4) is 0 Å². The number of hydrogen-bond acceptors (Lipinski definition) is 2. The third-order valence-corrected chi connectivity index (χ3v) is 3.86. The van der Waals surface area contributed by atoms with E-state index in [1.54, 1.807) is 12.1 Å². The monoisotopic (exact) mass is 285 g/mol. The Labute approximate surface area is 125 Å². The van der Waals surface area contributed by atoms with Crippen molar-refractivity contribution in [3.63, 3.8) is 0 Å². The van der Waals surface area contributed by atoms with E-state index in [1.807, 2.05) is 30.3 Å². The first-order valence-corrected chi connectivity index (χ1v) is 7.54. The van der Waals surface area contributed by atoms with Crippen molar-refractivity contribution in [3.05, 3.63) is 59.4 Å². The van der Waals surface area contributed by atoms with Crippen molar-refractivity contribution in [2.75, 3.05) is 11.9 Å². The lowest BCUT2D eigenvalue weighted by atomic mass is 10.1. The van der Waals surface area contributed by atoms with Gasteiger partial charge >= 0.3 is 0 Å². The van der Waals surface area contributed by atoms with Crippen LogP contribution < -0.4 is 10.1 Å². The lowest BCUT2D eigenvalue weighted by molar-refractivity contribution is 0.318. The maximum atomic E-state index is 13.3. The maximum Gasteiger partial charge on any atom is 0.142 e. The quantitative estimate of drug-likeness (QED) is 0.858. The molecule has 0 spiro atoms. The minimum absolute atomic E-state index is 0.152. The number of hydrogen-bond donors (Lipinski definition) is 1. The largest absolute Gasteiger partial charge is 0.491 e. The molecule has 2 aromatic carbocycles. The molecular weight excluding hydrogens is 265 g/mol. The molecule has 0 saturated heterocycles.